The number of alkyl halides is 3. The van der Waals surface area contributed by atoms with E-state index in [9.17, 15) is 18.0 Å². The molecule has 0 atom stereocenters. The maximum Gasteiger partial charge on any atom is 0.417 e. The highest BCUT2D eigenvalue weighted by molar-refractivity contribution is 6.09. The fraction of sp³-hybridized carbons (Fsp3) is 0.188. The molecule has 1 aliphatic heterocycles. The molecule has 3 rings (SSSR count). The molecule has 24 heavy (non-hydrogen) atoms. The second-order valence-corrected chi connectivity index (χ2v) is 5.14. The molecule has 2 aromatic rings. The van der Waals surface area contributed by atoms with Gasteiger partial charge in [-0.3, -0.25) is 4.90 Å². The third kappa shape index (κ3) is 2.54. The van der Waals surface area contributed by atoms with E-state index in [1.54, 1.807) is 6.92 Å². The number of halogens is 3. The van der Waals surface area contributed by atoms with Crippen molar-refractivity contribution in [3.8, 4) is 17.2 Å². The average Bonchev–Trinajstić information content (AvgIpc) is 2.66. The van der Waals surface area contributed by atoms with Gasteiger partial charge < -0.3 is 5.32 Å². The van der Waals surface area contributed by atoms with Crippen LogP contribution in [0.1, 0.15) is 18.1 Å². The van der Waals surface area contributed by atoms with Crippen LogP contribution in [-0.4, -0.2) is 17.6 Å². The summed E-state index contributed by atoms with van der Waals surface area (Å²) in [6.45, 7) is 1.93. The topological polar surface area (TPSA) is 69.0 Å². The summed E-state index contributed by atoms with van der Waals surface area (Å²) in [5.41, 5.74) is 0.233. The molecule has 0 radical (unpaired) electrons. The monoisotopic (exact) mass is 332 g/mol. The van der Waals surface area contributed by atoms with Crippen LogP contribution in [0.2, 0.25) is 0 Å². The van der Waals surface area contributed by atoms with Crippen LogP contribution in [0.4, 0.5) is 29.5 Å². The normalized spacial score (nSPS) is 13.5. The third-order valence-corrected chi connectivity index (χ3v) is 3.69. The molecule has 0 spiro atoms. The van der Waals surface area contributed by atoms with Gasteiger partial charge in [0.05, 0.1) is 22.9 Å². The first-order valence-electron chi connectivity index (χ1n) is 7.05. The van der Waals surface area contributed by atoms with Crippen LogP contribution < -0.4 is 10.2 Å². The molecular formula is C16H11F3N4O. The first-order valence-corrected chi connectivity index (χ1v) is 7.05. The van der Waals surface area contributed by atoms with E-state index in [0.29, 0.717) is 17.3 Å². The van der Waals surface area contributed by atoms with Crippen LogP contribution in [0.5, 0.6) is 0 Å². The number of carbonyl (C=O) groups excluding carboxylic acids is 1. The summed E-state index contributed by atoms with van der Waals surface area (Å²) in [6.07, 6.45) is -3.83. The van der Waals surface area contributed by atoms with Crippen molar-refractivity contribution in [1.29, 1.82) is 5.26 Å². The van der Waals surface area contributed by atoms with Gasteiger partial charge in [0.15, 0.2) is 0 Å². The van der Waals surface area contributed by atoms with Crippen molar-refractivity contribution in [2.75, 3.05) is 16.8 Å². The first kappa shape index (κ1) is 15.8. The highest BCUT2D eigenvalue weighted by atomic mass is 19.4. The Labute approximate surface area is 135 Å². The Balaban J connectivity index is 2.30. The van der Waals surface area contributed by atoms with Gasteiger partial charge in [0.2, 0.25) is 0 Å². The number of anilines is 2. The van der Waals surface area contributed by atoms with E-state index >= 15 is 0 Å². The van der Waals surface area contributed by atoms with E-state index in [0.717, 1.165) is 6.07 Å². The summed E-state index contributed by atoms with van der Waals surface area (Å²) in [6, 6.07) is 6.81. The van der Waals surface area contributed by atoms with Crippen molar-refractivity contribution in [2.24, 2.45) is 0 Å². The zero-order valence-corrected chi connectivity index (χ0v) is 12.5. The molecule has 0 bridgehead atoms. The van der Waals surface area contributed by atoms with Crippen LogP contribution >= 0.6 is 0 Å². The fourth-order valence-corrected chi connectivity index (χ4v) is 2.55. The van der Waals surface area contributed by atoms with Crippen molar-refractivity contribution in [2.45, 2.75) is 13.1 Å². The highest BCUT2D eigenvalue weighted by Crippen LogP contribution is 2.41. The molecule has 2 heterocycles. The van der Waals surface area contributed by atoms with Crippen LogP contribution in [0.15, 0.2) is 30.5 Å². The number of pyridine rings is 1. The molecule has 0 saturated carbocycles. The minimum absolute atomic E-state index is 0.145. The van der Waals surface area contributed by atoms with Gasteiger partial charge in [0.25, 0.3) is 0 Å². The lowest BCUT2D eigenvalue weighted by atomic mass is 10.0. The Morgan fingerprint density at radius 1 is 1.29 bits per heavy atom. The van der Waals surface area contributed by atoms with E-state index < -0.39 is 17.8 Å². The first-order chi connectivity index (χ1) is 11.3. The van der Waals surface area contributed by atoms with Crippen LogP contribution in [0.3, 0.4) is 0 Å². The number of hydrogen-bond acceptors (Lipinski definition) is 3. The van der Waals surface area contributed by atoms with Gasteiger partial charge in [0, 0.05) is 23.9 Å². The average molecular weight is 332 g/mol. The number of benzene rings is 1. The van der Waals surface area contributed by atoms with Crippen molar-refractivity contribution < 1.29 is 18.0 Å². The Morgan fingerprint density at radius 2 is 2.04 bits per heavy atom. The quantitative estimate of drug-likeness (QED) is 0.858. The third-order valence-electron chi connectivity index (χ3n) is 3.69. The number of fused-ring (bicyclic) bond motifs is 3. The van der Waals surface area contributed by atoms with E-state index in [-0.39, 0.29) is 23.6 Å². The predicted octanol–water partition coefficient (Wildman–Crippen LogP) is 4.01. The summed E-state index contributed by atoms with van der Waals surface area (Å²) < 4.78 is 39.1. The molecule has 1 aliphatic rings. The lowest BCUT2D eigenvalue weighted by Crippen LogP contribution is -2.34. The van der Waals surface area contributed by atoms with Gasteiger partial charge in [-0.25, -0.2) is 9.78 Å². The Kier molecular flexibility index (Phi) is 3.64. The number of nitrogens with zero attached hydrogens (tertiary/aromatic N) is 3. The standard InChI is InChI=1S/C16H11F3N4O/c1-2-23-14-12(6-10(8-21-14)16(17,18)19)11-4-3-9(7-20)5-13(11)22-15(23)24/h3-6,8H,2H2,1H3,(H,22,24). The van der Waals surface area contributed by atoms with Gasteiger partial charge in [-0.15, -0.1) is 0 Å². The molecule has 5 nitrogen and oxygen atoms in total. The summed E-state index contributed by atoms with van der Waals surface area (Å²) >= 11 is 0. The summed E-state index contributed by atoms with van der Waals surface area (Å²) in [5.74, 6) is 0.145. The van der Waals surface area contributed by atoms with Gasteiger partial charge in [-0.05, 0) is 25.1 Å². The van der Waals surface area contributed by atoms with Gasteiger partial charge in [-0.2, -0.15) is 18.4 Å². The summed E-state index contributed by atoms with van der Waals surface area (Å²) in [5, 5.41) is 11.6. The molecule has 0 unspecified atom stereocenters. The van der Waals surface area contributed by atoms with Gasteiger partial charge >= 0.3 is 12.2 Å². The summed E-state index contributed by atoms with van der Waals surface area (Å²) in [7, 11) is 0. The number of nitriles is 1. The van der Waals surface area contributed by atoms with E-state index in [4.69, 9.17) is 5.26 Å². The zero-order valence-electron chi connectivity index (χ0n) is 12.5. The number of urea groups is 1. The molecule has 1 aromatic heterocycles. The molecule has 122 valence electrons. The number of rotatable bonds is 1. The number of carbonyl (C=O) groups is 1. The molecule has 0 fully saturated rings. The smallest absolute Gasteiger partial charge is 0.307 e. The number of amides is 2. The van der Waals surface area contributed by atoms with Crippen LogP contribution in [-0.2, 0) is 6.18 Å². The minimum atomic E-state index is -4.55. The summed E-state index contributed by atoms with van der Waals surface area (Å²) in [4.78, 5) is 17.4. The van der Waals surface area contributed by atoms with Crippen LogP contribution in [0, 0.1) is 11.3 Å². The minimum Gasteiger partial charge on any atom is -0.307 e. The Bertz CT molecular complexity index is 871. The largest absolute Gasteiger partial charge is 0.417 e. The maximum atomic E-state index is 13.0. The van der Waals surface area contributed by atoms with Crippen molar-refractivity contribution in [3.63, 3.8) is 0 Å². The van der Waals surface area contributed by atoms with E-state index in [2.05, 4.69) is 10.3 Å². The van der Waals surface area contributed by atoms with E-state index in [1.807, 2.05) is 6.07 Å². The van der Waals surface area contributed by atoms with E-state index in [1.165, 1.54) is 23.1 Å². The molecular weight excluding hydrogens is 321 g/mol. The van der Waals surface area contributed by atoms with Gasteiger partial charge in [0.1, 0.15) is 5.82 Å². The van der Waals surface area contributed by atoms with Crippen LogP contribution in [0.25, 0.3) is 11.1 Å². The van der Waals surface area contributed by atoms with Crippen molar-refractivity contribution in [3.05, 3.63) is 41.6 Å². The second kappa shape index (κ2) is 5.53. The number of aromatic nitrogens is 1. The SMILES string of the molecule is CCN1C(=O)Nc2cc(C#N)ccc2-c2cc(C(F)(F)F)cnc21. The molecule has 2 amide bonds. The Hall–Kier alpha value is -3.08. The molecule has 8 heteroatoms. The Morgan fingerprint density at radius 3 is 2.67 bits per heavy atom. The lowest BCUT2D eigenvalue weighted by Gasteiger charge is -2.20. The number of hydrogen-bond donors (Lipinski definition) is 1. The maximum absolute atomic E-state index is 13.0. The molecule has 0 aliphatic carbocycles. The fourth-order valence-electron chi connectivity index (χ4n) is 2.55. The molecule has 1 aromatic carbocycles. The molecule has 1 N–H and O–H groups in total. The predicted molar refractivity (Wildman–Crippen MR) is 81.4 cm³/mol. The molecule has 0 saturated heterocycles. The lowest BCUT2D eigenvalue weighted by molar-refractivity contribution is -0.137. The number of nitrogens with one attached hydrogen (secondary N) is 1. The van der Waals surface area contributed by atoms with Gasteiger partial charge in [-0.1, -0.05) is 6.07 Å². The highest BCUT2D eigenvalue weighted by Gasteiger charge is 2.34. The second-order valence-electron chi connectivity index (χ2n) is 5.14. The van der Waals surface area contributed by atoms with Crippen molar-refractivity contribution >= 4 is 17.5 Å². The van der Waals surface area contributed by atoms with Crippen molar-refractivity contribution in [1.82, 2.24) is 4.98 Å². The zero-order chi connectivity index (χ0) is 17.5.